The monoisotopic (exact) mass is 353 g/mol. The number of hydrogen-bond acceptors (Lipinski definition) is 6. The highest BCUT2D eigenvalue weighted by Gasteiger charge is 2.25. The molecule has 3 rings (SSSR count). The van der Waals surface area contributed by atoms with E-state index in [2.05, 4.69) is 25.9 Å². The van der Waals surface area contributed by atoms with Crippen LogP contribution in [0.2, 0.25) is 0 Å². The molecule has 3 aromatic rings. The fourth-order valence-corrected chi connectivity index (χ4v) is 2.56. The highest BCUT2D eigenvalue weighted by Crippen LogP contribution is 2.23. The summed E-state index contributed by atoms with van der Waals surface area (Å²) in [5.41, 5.74) is 1.60. The van der Waals surface area contributed by atoms with Crippen molar-refractivity contribution < 1.29 is 14.3 Å². The number of rotatable bonds is 7. The van der Waals surface area contributed by atoms with Gasteiger partial charge in [-0.05, 0) is 48.4 Å². The number of anilines is 1. The van der Waals surface area contributed by atoms with Crippen molar-refractivity contribution in [3.8, 4) is 11.5 Å². The first-order valence-electron chi connectivity index (χ1n) is 8.01. The van der Waals surface area contributed by atoms with Crippen LogP contribution in [-0.4, -0.2) is 40.8 Å². The molecule has 1 atom stereocenters. The zero-order valence-electron chi connectivity index (χ0n) is 14.5. The molecule has 0 aliphatic rings. The maximum atomic E-state index is 12.8. The van der Waals surface area contributed by atoms with Gasteiger partial charge in [-0.25, -0.2) is 0 Å². The summed E-state index contributed by atoms with van der Waals surface area (Å²) in [5.74, 6) is 0.959. The van der Waals surface area contributed by atoms with E-state index in [9.17, 15) is 4.79 Å². The minimum atomic E-state index is -0.594. The van der Waals surface area contributed by atoms with Crippen LogP contribution in [0.5, 0.6) is 11.5 Å². The molecule has 0 bridgehead atoms. The van der Waals surface area contributed by atoms with Gasteiger partial charge in [-0.2, -0.15) is 5.21 Å². The van der Waals surface area contributed by atoms with Crippen molar-refractivity contribution in [1.82, 2.24) is 20.6 Å². The van der Waals surface area contributed by atoms with Crippen molar-refractivity contribution in [1.29, 1.82) is 0 Å². The molecule has 0 fully saturated rings. The van der Waals surface area contributed by atoms with E-state index in [1.807, 2.05) is 24.3 Å². The summed E-state index contributed by atoms with van der Waals surface area (Å²) in [6.07, 6.45) is 0.415. The van der Waals surface area contributed by atoms with Gasteiger partial charge >= 0.3 is 0 Å². The molecule has 8 nitrogen and oxygen atoms in total. The summed E-state index contributed by atoms with van der Waals surface area (Å²) in [5, 5.41) is 16.8. The average molecular weight is 353 g/mol. The quantitative estimate of drug-likeness (QED) is 0.675. The van der Waals surface area contributed by atoms with Crippen molar-refractivity contribution in [2.45, 2.75) is 12.3 Å². The second kappa shape index (κ2) is 8.11. The molecule has 1 amide bonds. The van der Waals surface area contributed by atoms with E-state index in [0.29, 0.717) is 23.7 Å². The molecule has 0 saturated heterocycles. The third-order valence-corrected chi connectivity index (χ3v) is 3.92. The Morgan fingerprint density at radius 3 is 2.54 bits per heavy atom. The first-order chi connectivity index (χ1) is 12.7. The summed E-state index contributed by atoms with van der Waals surface area (Å²) < 4.78 is 10.4. The predicted molar refractivity (Wildman–Crippen MR) is 95.2 cm³/mol. The Hall–Kier alpha value is -3.42. The Balaban J connectivity index is 1.80. The lowest BCUT2D eigenvalue weighted by molar-refractivity contribution is -0.117. The second-order valence-electron chi connectivity index (χ2n) is 5.60. The lowest BCUT2D eigenvalue weighted by atomic mass is 9.97. The lowest BCUT2D eigenvalue weighted by Gasteiger charge is -2.14. The molecule has 134 valence electrons. The molecular weight excluding hydrogens is 334 g/mol. The number of nitrogens with zero attached hydrogens (tertiary/aromatic N) is 3. The van der Waals surface area contributed by atoms with Crippen molar-refractivity contribution in [3.05, 3.63) is 59.9 Å². The van der Waals surface area contributed by atoms with E-state index in [4.69, 9.17) is 9.47 Å². The molecule has 0 aliphatic heterocycles. The first kappa shape index (κ1) is 17.4. The SMILES string of the molecule is COc1ccc(NC(=O)C(Cc2cccc(OC)c2)c2nn[nH]n2)cc1. The van der Waals surface area contributed by atoms with Crippen LogP contribution in [0.15, 0.2) is 48.5 Å². The number of amides is 1. The van der Waals surface area contributed by atoms with E-state index in [0.717, 1.165) is 11.3 Å². The highest BCUT2D eigenvalue weighted by atomic mass is 16.5. The third-order valence-electron chi connectivity index (χ3n) is 3.92. The Labute approximate surface area is 150 Å². The molecule has 0 saturated carbocycles. The van der Waals surface area contributed by atoms with Crippen LogP contribution in [0, 0.1) is 0 Å². The number of aromatic amines is 1. The van der Waals surface area contributed by atoms with Crippen molar-refractivity contribution in [3.63, 3.8) is 0 Å². The van der Waals surface area contributed by atoms with Crippen LogP contribution in [0.3, 0.4) is 0 Å². The molecular formula is C18H19N5O3. The van der Waals surface area contributed by atoms with Gasteiger partial charge in [0.05, 0.1) is 14.2 Å². The number of ether oxygens (including phenoxy) is 2. The van der Waals surface area contributed by atoms with Gasteiger partial charge in [0.15, 0.2) is 5.82 Å². The van der Waals surface area contributed by atoms with E-state index < -0.39 is 5.92 Å². The normalized spacial score (nSPS) is 11.6. The lowest BCUT2D eigenvalue weighted by Crippen LogP contribution is -2.24. The van der Waals surface area contributed by atoms with Gasteiger partial charge in [-0.15, -0.1) is 10.2 Å². The molecule has 1 aromatic heterocycles. The predicted octanol–water partition coefficient (Wildman–Crippen LogP) is 2.18. The Morgan fingerprint density at radius 1 is 1.12 bits per heavy atom. The molecule has 0 aliphatic carbocycles. The van der Waals surface area contributed by atoms with Gasteiger partial charge in [-0.1, -0.05) is 17.3 Å². The number of carbonyl (C=O) groups excluding carboxylic acids is 1. The summed E-state index contributed by atoms with van der Waals surface area (Å²) in [7, 11) is 3.19. The standard InChI is InChI=1S/C18H19N5O3/c1-25-14-8-6-13(7-9-14)19-18(24)16(17-20-22-23-21-17)11-12-4-3-5-15(10-12)26-2/h3-10,16H,11H2,1-2H3,(H,19,24)(H,20,21,22,23). The molecule has 0 radical (unpaired) electrons. The maximum absolute atomic E-state index is 12.8. The number of tetrazole rings is 1. The Morgan fingerprint density at radius 2 is 1.88 bits per heavy atom. The molecule has 1 heterocycles. The number of hydrogen-bond donors (Lipinski definition) is 2. The third kappa shape index (κ3) is 4.15. The second-order valence-corrected chi connectivity index (χ2v) is 5.60. The maximum Gasteiger partial charge on any atom is 0.235 e. The molecule has 8 heteroatoms. The number of aromatic nitrogens is 4. The summed E-state index contributed by atoms with van der Waals surface area (Å²) in [6.45, 7) is 0. The zero-order chi connectivity index (χ0) is 18.4. The van der Waals surface area contributed by atoms with E-state index >= 15 is 0 Å². The largest absolute Gasteiger partial charge is 0.497 e. The number of methoxy groups -OCH3 is 2. The van der Waals surface area contributed by atoms with Crippen molar-refractivity contribution in [2.24, 2.45) is 0 Å². The fraction of sp³-hybridized carbons (Fsp3) is 0.222. The van der Waals surface area contributed by atoms with Crippen molar-refractivity contribution >= 4 is 11.6 Å². The smallest absolute Gasteiger partial charge is 0.235 e. The van der Waals surface area contributed by atoms with Crippen LogP contribution < -0.4 is 14.8 Å². The Kier molecular flexibility index (Phi) is 5.43. The van der Waals surface area contributed by atoms with Crippen molar-refractivity contribution in [2.75, 3.05) is 19.5 Å². The van der Waals surface area contributed by atoms with Crippen LogP contribution in [0.1, 0.15) is 17.3 Å². The topological polar surface area (TPSA) is 102 Å². The average Bonchev–Trinajstić information content (AvgIpc) is 3.21. The van der Waals surface area contributed by atoms with Crippen LogP contribution in [0.25, 0.3) is 0 Å². The van der Waals surface area contributed by atoms with E-state index in [1.54, 1.807) is 38.5 Å². The summed E-state index contributed by atoms with van der Waals surface area (Å²) in [6, 6.07) is 14.6. The van der Waals surface area contributed by atoms with Gasteiger partial charge in [0.25, 0.3) is 0 Å². The van der Waals surface area contributed by atoms with Gasteiger partial charge in [0.1, 0.15) is 17.4 Å². The van der Waals surface area contributed by atoms with Crippen LogP contribution in [0.4, 0.5) is 5.69 Å². The van der Waals surface area contributed by atoms with E-state index in [1.165, 1.54) is 0 Å². The molecule has 0 spiro atoms. The zero-order valence-corrected chi connectivity index (χ0v) is 14.5. The fourth-order valence-electron chi connectivity index (χ4n) is 2.56. The number of benzene rings is 2. The number of H-pyrrole nitrogens is 1. The first-order valence-corrected chi connectivity index (χ1v) is 8.01. The van der Waals surface area contributed by atoms with Gasteiger partial charge in [0, 0.05) is 5.69 Å². The van der Waals surface area contributed by atoms with Gasteiger partial charge in [0.2, 0.25) is 5.91 Å². The Bertz CT molecular complexity index is 850. The van der Waals surface area contributed by atoms with Crippen LogP contribution >= 0.6 is 0 Å². The summed E-state index contributed by atoms with van der Waals surface area (Å²) in [4.78, 5) is 12.8. The van der Waals surface area contributed by atoms with Gasteiger partial charge in [-0.3, -0.25) is 4.79 Å². The minimum Gasteiger partial charge on any atom is -0.497 e. The molecule has 2 aromatic carbocycles. The minimum absolute atomic E-state index is 0.223. The molecule has 1 unspecified atom stereocenters. The van der Waals surface area contributed by atoms with Crippen LogP contribution in [-0.2, 0) is 11.2 Å². The summed E-state index contributed by atoms with van der Waals surface area (Å²) >= 11 is 0. The molecule has 26 heavy (non-hydrogen) atoms. The number of carbonyl (C=O) groups is 1. The van der Waals surface area contributed by atoms with Gasteiger partial charge < -0.3 is 14.8 Å². The van der Waals surface area contributed by atoms with E-state index in [-0.39, 0.29) is 5.91 Å². The molecule has 2 N–H and O–H groups in total. The number of nitrogens with one attached hydrogen (secondary N) is 2. The highest BCUT2D eigenvalue weighted by molar-refractivity contribution is 5.95.